The van der Waals surface area contributed by atoms with Crippen LogP contribution >= 0.6 is 23.2 Å². The second kappa shape index (κ2) is 11.6. The van der Waals surface area contributed by atoms with Crippen LogP contribution in [0.15, 0.2) is 42.5 Å². The quantitative estimate of drug-likeness (QED) is 0.366. The van der Waals surface area contributed by atoms with Crippen LogP contribution in [0.1, 0.15) is 41.7 Å². The first-order chi connectivity index (χ1) is 19.0. The van der Waals surface area contributed by atoms with E-state index in [9.17, 15) is 18.0 Å². The molecule has 0 atom stereocenters. The molecule has 1 saturated carbocycles. The molecular formula is C29H32Cl2F3N5O. The molecule has 6 nitrogen and oxygen atoms in total. The molecule has 0 radical (unpaired) electrons. The van der Waals surface area contributed by atoms with E-state index in [0.717, 1.165) is 37.9 Å². The average Bonchev–Trinajstić information content (AvgIpc) is 2.92. The number of pyridine rings is 1. The predicted octanol–water partition coefficient (Wildman–Crippen LogP) is 6.49. The Labute approximate surface area is 242 Å². The number of alkyl halides is 3. The van der Waals surface area contributed by atoms with Crippen molar-refractivity contribution >= 4 is 51.4 Å². The highest BCUT2D eigenvalue weighted by Crippen LogP contribution is 2.37. The maximum Gasteiger partial charge on any atom is 0.433 e. The van der Waals surface area contributed by atoms with E-state index in [-0.39, 0.29) is 23.5 Å². The molecule has 0 spiro atoms. The van der Waals surface area contributed by atoms with Crippen molar-refractivity contribution in [3.8, 4) is 0 Å². The van der Waals surface area contributed by atoms with Gasteiger partial charge in [0.15, 0.2) is 0 Å². The number of hydrogen-bond donors (Lipinski definition) is 1. The van der Waals surface area contributed by atoms with Gasteiger partial charge in [-0.1, -0.05) is 23.2 Å². The molecule has 2 aliphatic rings. The van der Waals surface area contributed by atoms with Crippen LogP contribution in [0.25, 0.3) is 10.9 Å². The normalized spacial score (nSPS) is 20.5. The van der Waals surface area contributed by atoms with Gasteiger partial charge in [-0.2, -0.15) is 13.2 Å². The number of rotatable bonds is 5. The molecule has 1 saturated heterocycles. The van der Waals surface area contributed by atoms with Crippen molar-refractivity contribution in [2.45, 2.75) is 43.9 Å². The molecule has 1 aromatic heterocycles. The van der Waals surface area contributed by atoms with Gasteiger partial charge in [0.2, 0.25) is 0 Å². The van der Waals surface area contributed by atoms with Gasteiger partial charge < -0.3 is 20.0 Å². The number of fused-ring (bicyclic) bond motifs is 1. The Bertz CT molecular complexity index is 1390. The molecule has 3 aromatic rings. The number of benzene rings is 2. The summed E-state index contributed by atoms with van der Waals surface area (Å²) in [5.74, 6) is -0.212. The van der Waals surface area contributed by atoms with Crippen molar-refractivity contribution in [3.63, 3.8) is 0 Å². The Morgan fingerprint density at radius 1 is 1.00 bits per heavy atom. The molecule has 5 rings (SSSR count). The van der Waals surface area contributed by atoms with Gasteiger partial charge in [-0.05, 0) is 75.2 Å². The first-order valence-electron chi connectivity index (χ1n) is 13.4. The number of nitrogens with one attached hydrogen (secondary N) is 1. The third-order valence-corrected chi connectivity index (χ3v) is 8.61. The monoisotopic (exact) mass is 593 g/mol. The number of carbonyl (C=O) groups excluding carboxylic acids is 1. The van der Waals surface area contributed by atoms with E-state index in [0.29, 0.717) is 52.4 Å². The maximum absolute atomic E-state index is 13.6. The smallest absolute Gasteiger partial charge is 0.371 e. The molecule has 1 N–H and O–H groups in total. The minimum absolute atomic E-state index is 0.00489. The minimum atomic E-state index is -4.56. The summed E-state index contributed by atoms with van der Waals surface area (Å²) in [6, 6.07) is 11.3. The second-order valence-corrected chi connectivity index (χ2v) is 11.6. The van der Waals surface area contributed by atoms with Crippen LogP contribution in [0.2, 0.25) is 10.0 Å². The molecule has 11 heteroatoms. The van der Waals surface area contributed by atoms with E-state index in [1.54, 1.807) is 25.2 Å². The van der Waals surface area contributed by atoms with Crippen LogP contribution in [0.5, 0.6) is 0 Å². The molecule has 0 unspecified atom stereocenters. The summed E-state index contributed by atoms with van der Waals surface area (Å²) in [6.45, 7) is 3.78. The lowest BCUT2D eigenvalue weighted by Crippen LogP contribution is -2.44. The van der Waals surface area contributed by atoms with Gasteiger partial charge in [0.25, 0.3) is 5.91 Å². The molecule has 1 amide bonds. The number of piperazine rings is 1. The van der Waals surface area contributed by atoms with E-state index in [2.05, 4.69) is 27.1 Å². The SMILES string of the molecule is CN1CCN(c2ccc(C(=O)N[C@H]3CC[C@@H](N(C)c4cc(C(F)(F)F)nc5ccc(Cl)cc45)CC3)c(Cl)c2)CC1. The molecule has 2 heterocycles. The summed E-state index contributed by atoms with van der Waals surface area (Å²) in [7, 11) is 3.91. The molecule has 1 aliphatic carbocycles. The van der Waals surface area contributed by atoms with Gasteiger partial charge in [0.1, 0.15) is 5.69 Å². The Balaban J connectivity index is 1.24. The molecular weight excluding hydrogens is 562 g/mol. The largest absolute Gasteiger partial charge is 0.433 e. The fraction of sp³-hybridized carbons (Fsp3) is 0.448. The van der Waals surface area contributed by atoms with E-state index < -0.39 is 11.9 Å². The zero-order chi connectivity index (χ0) is 28.6. The molecule has 2 aromatic carbocycles. The predicted molar refractivity (Wildman–Crippen MR) is 155 cm³/mol. The number of anilines is 2. The number of halogens is 5. The van der Waals surface area contributed by atoms with Crippen LogP contribution in [-0.4, -0.2) is 68.1 Å². The number of likely N-dealkylation sites (N-methyl/N-ethyl adjacent to an activating group) is 1. The summed E-state index contributed by atoms with van der Waals surface area (Å²) in [4.78, 5) is 23.3. The topological polar surface area (TPSA) is 51.7 Å². The van der Waals surface area contributed by atoms with Crippen LogP contribution in [0, 0.1) is 0 Å². The Morgan fingerprint density at radius 3 is 2.35 bits per heavy atom. The molecule has 0 bridgehead atoms. The molecule has 1 aliphatic heterocycles. The Morgan fingerprint density at radius 2 is 1.70 bits per heavy atom. The van der Waals surface area contributed by atoms with E-state index >= 15 is 0 Å². The number of hydrogen-bond acceptors (Lipinski definition) is 5. The summed E-state index contributed by atoms with van der Waals surface area (Å²) >= 11 is 12.7. The average molecular weight is 595 g/mol. The molecule has 40 heavy (non-hydrogen) atoms. The van der Waals surface area contributed by atoms with Crippen molar-refractivity contribution in [2.24, 2.45) is 0 Å². The summed E-state index contributed by atoms with van der Waals surface area (Å²) in [5.41, 5.74) is 1.22. The minimum Gasteiger partial charge on any atom is -0.371 e. The van der Waals surface area contributed by atoms with Crippen LogP contribution in [0.4, 0.5) is 24.5 Å². The second-order valence-electron chi connectivity index (χ2n) is 10.7. The van der Waals surface area contributed by atoms with Gasteiger partial charge >= 0.3 is 6.18 Å². The zero-order valence-electron chi connectivity index (χ0n) is 22.4. The number of aromatic nitrogens is 1. The van der Waals surface area contributed by atoms with Gasteiger partial charge in [-0.25, -0.2) is 4.98 Å². The van der Waals surface area contributed by atoms with Crippen molar-refractivity contribution in [3.05, 3.63) is 63.8 Å². The Hall–Kier alpha value is -2.75. The van der Waals surface area contributed by atoms with E-state index in [1.807, 2.05) is 17.0 Å². The summed E-state index contributed by atoms with van der Waals surface area (Å²) in [5, 5.41) is 4.54. The summed E-state index contributed by atoms with van der Waals surface area (Å²) in [6.07, 6.45) is -1.73. The highest BCUT2D eigenvalue weighted by Gasteiger charge is 2.35. The third kappa shape index (κ3) is 6.26. The number of carbonyl (C=O) groups is 1. The lowest BCUT2D eigenvalue weighted by molar-refractivity contribution is -0.140. The van der Waals surface area contributed by atoms with Crippen molar-refractivity contribution < 1.29 is 18.0 Å². The number of nitrogens with zero attached hydrogens (tertiary/aromatic N) is 4. The fourth-order valence-corrected chi connectivity index (χ4v) is 6.07. The van der Waals surface area contributed by atoms with Crippen molar-refractivity contribution in [1.82, 2.24) is 15.2 Å². The van der Waals surface area contributed by atoms with Crippen molar-refractivity contribution in [2.75, 3.05) is 50.1 Å². The van der Waals surface area contributed by atoms with Crippen molar-refractivity contribution in [1.29, 1.82) is 0 Å². The third-order valence-electron chi connectivity index (χ3n) is 8.06. The fourth-order valence-electron chi connectivity index (χ4n) is 5.63. The Kier molecular flexibility index (Phi) is 8.36. The van der Waals surface area contributed by atoms with Crippen LogP contribution < -0.4 is 15.1 Å². The van der Waals surface area contributed by atoms with E-state index in [1.165, 1.54) is 6.07 Å². The standard InChI is InChI=1S/C29H32Cl2F3N5O/c1-37-11-13-39(14-12-37)21-8-9-22(24(31)16-21)28(40)35-19-4-6-20(7-5-19)38(2)26-17-27(29(32,33)34)36-25-10-3-18(30)15-23(25)26/h3,8-10,15-17,19-20H,4-7,11-14H2,1-2H3,(H,35,40)/t19-,20+. The molecule has 214 valence electrons. The van der Waals surface area contributed by atoms with Crippen LogP contribution in [0.3, 0.4) is 0 Å². The highest BCUT2D eigenvalue weighted by molar-refractivity contribution is 6.34. The van der Waals surface area contributed by atoms with Crippen LogP contribution in [-0.2, 0) is 6.18 Å². The van der Waals surface area contributed by atoms with Gasteiger partial charge in [-0.3, -0.25) is 4.79 Å². The van der Waals surface area contributed by atoms with Gasteiger partial charge in [-0.15, -0.1) is 0 Å². The molecule has 2 fully saturated rings. The maximum atomic E-state index is 13.6. The van der Waals surface area contributed by atoms with Gasteiger partial charge in [0.05, 0.1) is 16.1 Å². The zero-order valence-corrected chi connectivity index (χ0v) is 24.0. The highest BCUT2D eigenvalue weighted by atomic mass is 35.5. The first-order valence-corrected chi connectivity index (χ1v) is 14.2. The van der Waals surface area contributed by atoms with E-state index in [4.69, 9.17) is 23.2 Å². The summed E-state index contributed by atoms with van der Waals surface area (Å²) < 4.78 is 40.8. The number of amides is 1. The lowest BCUT2D eigenvalue weighted by Gasteiger charge is -2.37. The van der Waals surface area contributed by atoms with Gasteiger partial charge in [0, 0.05) is 67.1 Å². The first kappa shape index (κ1) is 28.8. The lowest BCUT2D eigenvalue weighted by atomic mass is 9.89.